The number of nitrogens with zero attached hydrogens (tertiary/aromatic N) is 1. The Morgan fingerprint density at radius 2 is 0.750 bits per heavy atom. The second-order valence-corrected chi connectivity index (χ2v) is 31.4. The van der Waals surface area contributed by atoms with Crippen molar-refractivity contribution in [3.05, 3.63) is 445 Å². The SMILES string of the molecule is C=Cc1ccc(Oc2ccc(C3(c4cc(C)cc(F)c4F)c4ccccc4-c4ccc(/C(=C\c5ccc6c(c5)C5(CC6(C)C)CC(C)(C)c6ccc(N(c7ccc(F)cc7)c7ccc8c(c7)C(c7ccc(Oc9ccc(C=C)cc9)cc7)(c7cc(F)cc(F)c7F)c7ccccc7-8)cc65)c5ccc(F)cc5)cc43)cc2)cc1. The van der Waals surface area contributed by atoms with Gasteiger partial charge in [-0.25, -0.2) is 30.7 Å². The predicted molar refractivity (Wildman–Crippen MR) is 436 cm³/mol. The molecule has 0 saturated heterocycles. The molecule has 0 fully saturated rings. The van der Waals surface area contributed by atoms with Crippen molar-refractivity contribution >= 4 is 40.9 Å². The zero-order chi connectivity index (χ0) is 77.3. The number of anilines is 3. The molecule has 0 saturated carbocycles. The molecular weight excluding hydrogens is 1400 g/mol. The van der Waals surface area contributed by atoms with E-state index in [4.69, 9.17) is 9.47 Å². The van der Waals surface area contributed by atoms with Crippen LogP contribution in [0.4, 0.5) is 47.8 Å². The molecular formula is C102H74F7NO2. The largest absolute Gasteiger partial charge is 0.457 e. The van der Waals surface area contributed by atoms with Crippen LogP contribution in [0, 0.1) is 47.6 Å². The van der Waals surface area contributed by atoms with Gasteiger partial charge in [0.05, 0.1) is 10.8 Å². The summed E-state index contributed by atoms with van der Waals surface area (Å²) in [5.74, 6) is -4.04. The van der Waals surface area contributed by atoms with Crippen molar-refractivity contribution in [2.75, 3.05) is 4.90 Å². The fourth-order valence-corrected chi connectivity index (χ4v) is 19.1. The average molecular weight is 1480 g/mol. The van der Waals surface area contributed by atoms with E-state index in [9.17, 15) is 0 Å². The molecule has 112 heavy (non-hydrogen) atoms. The summed E-state index contributed by atoms with van der Waals surface area (Å²) in [5.41, 5.74) is 14.7. The minimum Gasteiger partial charge on any atom is -0.457 e. The van der Waals surface area contributed by atoms with Crippen LogP contribution in [0.1, 0.15) is 141 Å². The van der Waals surface area contributed by atoms with Gasteiger partial charge >= 0.3 is 0 Å². The minimum absolute atomic E-state index is 0.150. The molecule has 1 spiro atoms. The molecule has 0 aromatic heterocycles. The standard InChI is InChI=1S/C102H74F7NO2/c1-8-62-18-38-75(39-19-62)111-77-42-26-67(27-43-77)101(92-50-61(3)51-94(106)96(92)108)84-16-12-10-14-79(84)81-46-25-66(54-88(81)101)83(65-23-30-69(103)31-24-65)52-64-22-48-86-90(53-64)100(59-98(86,4)5)60-99(6,7)87-49-37-74(58-91(87)100)110(72-34-32-70(104)33-35-72)73-36-47-82-80-15-11-13-17-85(80)102(89(82)57-73,93-55-71(105)56-95(107)97(93)109)68-28-44-78(45-29-68)112-76-40-20-63(9-2)21-41-76/h8-58H,1-2,59-60H2,3-7H3/b83-52-. The van der Waals surface area contributed by atoms with E-state index in [0.29, 0.717) is 68.3 Å². The lowest BCUT2D eigenvalue weighted by Gasteiger charge is -2.35. The maximum Gasteiger partial charge on any atom is 0.163 e. The molecule has 10 heteroatoms. The van der Waals surface area contributed by atoms with Crippen molar-refractivity contribution in [3.63, 3.8) is 0 Å². The number of hydrogen-bond acceptors (Lipinski definition) is 3. The van der Waals surface area contributed by atoms with Crippen molar-refractivity contribution in [2.45, 2.75) is 74.5 Å². The Balaban J connectivity index is 0.789. The van der Waals surface area contributed by atoms with Crippen LogP contribution < -0.4 is 14.4 Å². The number of ether oxygens (including phenoxy) is 2. The summed E-state index contributed by atoms with van der Waals surface area (Å²) in [6, 6.07) is 88.1. The number of fused-ring (bicyclic) bond motifs is 10. The second-order valence-electron chi connectivity index (χ2n) is 31.4. The van der Waals surface area contributed by atoms with Crippen LogP contribution >= 0.6 is 0 Å². The average Bonchev–Trinajstić information content (AvgIpc) is 1.53. The lowest BCUT2D eigenvalue weighted by molar-refractivity contribution is 0.349. The molecule has 0 heterocycles. The van der Waals surface area contributed by atoms with E-state index in [2.05, 4.69) is 106 Å². The Hall–Kier alpha value is -12.8. The zero-order valence-corrected chi connectivity index (χ0v) is 62.2. The number of aryl methyl sites for hydroxylation is 1. The molecule has 0 bridgehead atoms. The molecule has 0 N–H and O–H groups in total. The highest BCUT2D eigenvalue weighted by Gasteiger charge is 2.57. The first-order valence-electron chi connectivity index (χ1n) is 37.5. The maximum absolute atomic E-state index is 17.5. The van der Waals surface area contributed by atoms with E-state index >= 15 is 30.7 Å². The van der Waals surface area contributed by atoms with Gasteiger partial charge < -0.3 is 14.4 Å². The van der Waals surface area contributed by atoms with E-state index in [1.54, 1.807) is 61.5 Å². The topological polar surface area (TPSA) is 21.7 Å². The van der Waals surface area contributed by atoms with Gasteiger partial charge in [0, 0.05) is 39.7 Å². The molecule has 0 radical (unpaired) electrons. The van der Waals surface area contributed by atoms with Crippen LogP contribution in [0.2, 0.25) is 0 Å². The van der Waals surface area contributed by atoms with Gasteiger partial charge in [-0.05, 0) is 281 Å². The Kier molecular flexibility index (Phi) is 16.9. The molecule has 4 aliphatic carbocycles. The molecule has 18 rings (SSSR count). The van der Waals surface area contributed by atoms with Crippen molar-refractivity contribution in [3.8, 4) is 45.3 Å². The van der Waals surface area contributed by atoms with Crippen LogP contribution in [0.5, 0.6) is 23.0 Å². The summed E-state index contributed by atoms with van der Waals surface area (Å²) in [6.45, 7) is 18.7. The third kappa shape index (κ3) is 11.4. The zero-order valence-electron chi connectivity index (χ0n) is 62.2. The van der Waals surface area contributed by atoms with Crippen molar-refractivity contribution in [1.29, 1.82) is 0 Å². The van der Waals surface area contributed by atoms with Gasteiger partial charge in [0.1, 0.15) is 40.4 Å². The Labute approximate surface area is 647 Å². The minimum atomic E-state index is -1.65. The highest BCUT2D eigenvalue weighted by atomic mass is 19.2. The van der Waals surface area contributed by atoms with E-state index in [0.717, 1.165) is 108 Å². The first-order valence-corrected chi connectivity index (χ1v) is 37.5. The third-order valence-corrected chi connectivity index (χ3v) is 23.7. The van der Waals surface area contributed by atoms with E-state index in [-0.39, 0.29) is 22.0 Å². The molecule has 548 valence electrons. The second kappa shape index (κ2) is 26.8. The van der Waals surface area contributed by atoms with E-state index in [1.807, 2.05) is 152 Å². The maximum atomic E-state index is 17.5. The van der Waals surface area contributed by atoms with Gasteiger partial charge in [-0.15, -0.1) is 0 Å². The summed E-state index contributed by atoms with van der Waals surface area (Å²) in [6.07, 6.45) is 7.13. The third-order valence-electron chi connectivity index (χ3n) is 23.7. The number of hydrogen-bond donors (Lipinski definition) is 0. The first kappa shape index (κ1) is 70.9. The molecule has 14 aromatic rings. The van der Waals surface area contributed by atoms with E-state index < -0.39 is 57.0 Å². The van der Waals surface area contributed by atoms with Crippen LogP contribution in [-0.2, 0) is 27.1 Å². The molecule has 0 aliphatic heterocycles. The lowest BCUT2D eigenvalue weighted by Crippen LogP contribution is -2.30. The molecule has 3 unspecified atom stereocenters. The van der Waals surface area contributed by atoms with Crippen molar-refractivity contribution in [2.24, 2.45) is 0 Å². The van der Waals surface area contributed by atoms with Gasteiger partial charge in [-0.3, -0.25) is 0 Å². The molecule has 4 aliphatic rings. The highest BCUT2D eigenvalue weighted by molar-refractivity contribution is 5.96. The normalized spacial score (nSPS) is 17.8. The van der Waals surface area contributed by atoms with Crippen LogP contribution in [0.3, 0.4) is 0 Å². The predicted octanol–water partition coefficient (Wildman–Crippen LogP) is 27.3. The molecule has 0 amide bonds. The molecule has 14 aromatic carbocycles. The smallest absolute Gasteiger partial charge is 0.163 e. The Morgan fingerprint density at radius 1 is 0.339 bits per heavy atom. The fourth-order valence-electron chi connectivity index (χ4n) is 19.1. The van der Waals surface area contributed by atoms with Gasteiger partial charge in [0.15, 0.2) is 23.3 Å². The fraction of sp³-hybridized carbons (Fsp3) is 0.118. The van der Waals surface area contributed by atoms with Crippen molar-refractivity contribution < 1.29 is 40.2 Å². The van der Waals surface area contributed by atoms with Crippen molar-refractivity contribution in [1.82, 2.24) is 0 Å². The summed E-state index contributed by atoms with van der Waals surface area (Å²) in [7, 11) is 0. The summed E-state index contributed by atoms with van der Waals surface area (Å²) < 4.78 is 127. The number of rotatable bonds is 16. The number of benzene rings is 14. The quantitative estimate of drug-likeness (QED) is 0.0547. The first-order chi connectivity index (χ1) is 54.1. The van der Waals surface area contributed by atoms with Crippen LogP contribution in [0.25, 0.3) is 46.1 Å². The Bertz CT molecular complexity index is 6200. The summed E-state index contributed by atoms with van der Waals surface area (Å²) in [5, 5.41) is 0. The highest BCUT2D eigenvalue weighted by Crippen LogP contribution is 2.65. The van der Waals surface area contributed by atoms with Gasteiger partial charge in [-0.1, -0.05) is 211 Å². The lowest BCUT2D eigenvalue weighted by atomic mass is 9.67. The van der Waals surface area contributed by atoms with E-state index in [1.165, 1.54) is 35.9 Å². The van der Waals surface area contributed by atoms with Gasteiger partial charge in [0.2, 0.25) is 0 Å². The van der Waals surface area contributed by atoms with Crippen LogP contribution in [0.15, 0.2) is 304 Å². The number of halogens is 7. The Morgan fingerprint density at radius 3 is 1.29 bits per heavy atom. The summed E-state index contributed by atoms with van der Waals surface area (Å²) in [4.78, 5) is 2.07. The molecule has 3 atom stereocenters. The van der Waals surface area contributed by atoms with Gasteiger partial charge in [-0.2, -0.15) is 0 Å². The van der Waals surface area contributed by atoms with Gasteiger partial charge in [0.25, 0.3) is 0 Å². The summed E-state index contributed by atoms with van der Waals surface area (Å²) >= 11 is 0. The molecule has 3 nitrogen and oxygen atoms in total. The monoisotopic (exact) mass is 1480 g/mol. The van der Waals surface area contributed by atoms with Crippen LogP contribution in [-0.4, -0.2) is 0 Å².